The molecule has 1 N–H and O–H groups in total. The molecule has 0 spiro atoms. The van der Waals surface area contributed by atoms with Crippen LogP contribution in [0.3, 0.4) is 0 Å². The van der Waals surface area contributed by atoms with Crippen molar-refractivity contribution in [3.8, 4) is 11.5 Å². The number of fused-ring (bicyclic) bond motifs is 2. The molecule has 2 aromatic carbocycles. The lowest BCUT2D eigenvalue weighted by atomic mass is 9.91. The molecule has 3 aromatic rings. The molecule has 31 heavy (non-hydrogen) atoms. The molecule has 0 radical (unpaired) electrons. The van der Waals surface area contributed by atoms with Gasteiger partial charge in [-0.3, -0.25) is 10.1 Å². The van der Waals surface area contributed by atoms with Crippen LogP contribution in [-0.2, 0) is 6.54 Å². The molecule has 1 atom stereocenters. The number of nitro groups is 1. The number of aromatic nitrogens is 2. The van der Waals surface area contributed by atoms with Gasteiger partial charge in [-0.05, 0) is 29.3 Å². The Morgan fingerprint density at radius 3 is 2.58 bits per heavy atom. The maximum absolute atomic E-state index is 11.1. The average Bonchev–Trinajstić information content (AvgIpc) is 2.77. The molecule has 160 valence electrons. The summed E-state index contributed by atoms with van der Waals surface area (Å²) < 4.78 is 11.2. The molecule has 1 aliphatic heterocycles. The summed E-state index contributed by atoms with van der Waals surface area (Å²) in [5, 5.41) is 14.8. The lowest BCUT2D eigenvalue weighted by molar-refractivity contribution is -0.384. The second-order valence-corrected chi connectivity index (χ2v) is 7.41. The lowest BCUT2D eigenvalue weighted by Crippen LogP contribution is -2.27. The zero-order chi connectivity index (χ0) is 22.1. The van der Waals surface area contributed by atoms with E-state index in [1.54, 1.807) is 26.4 Å². The molecule has 2 heterocycles. The van der Waals surface area contributed by atoms with Crippen molar-refractivity contribution in [1.29, 1.82) is 0 Å². The van der Waals surface area contributed by atoms with Crippen LogP contribution >= 0.6 is 11.6 Å². The Hall–Kier alpha value is -3.59. The molecule has 0 bridgehead atoms. The van der Waals surface area contributed by atoms with Crippen molar-refractivity contribution in [2.45, 2.75) is 12.6 Å². The van der Waals surface area contributed by atoms with Crippen molar-refractivity contribution in [3.63, 3.8) is 0 Å². The van der Waals surface area contributed by atoms with E-state index >= 15 is 0 Å². The van der Waals surface area contributed by atoms with E-state index in [1.807, 2.05) is 24.1 Å². The molecule has 0 saturated carbocycles. The SMILES string of the molecule is COc1cc2c(c(OC)c1)C(c1ccc([N+](=O)[O-])cc1)Nc1c(Cl)ncnc1N(C)C2. The summed E-state index contributed by atoms with van der Waals surface area (Å²) in [7, 11) is 5.10. The van der Waals surface area contributed by atoms with Crippen LogP contribution in [0.2, 0.25) is 5.15 Å². The van der Waals surface area contributed by atoms with Gasteiger partial charge in [0.25, 0.3) is 5.69 Å². The maximum atomic E-state index is 11.1. The van der Waals surface area contributed by atoms with Crippen molar-refractivity contribution >= 4 is 28.8 Å². The Morgan fingerprint density at radius 2 is 1.94 bits per heavy atom. The number of nitrogens with zero attached hydrogens (tertiary/aromatic N) is 4. The van der Waals surface area contributed by atoms with Gasteiger partial charge >= 0.3 is 0 Å². The Labute approximate surface area is 183 Å². The van der Waals surface area contributed by atoms with Gasteiger partial charge in [-0.25, -0.2) is 9.97 Å². The highest BCUT2D eigenvalue weighted by Gasteiger charge is 2.29. The van der Waals surface area contributed by atoms with Gasteiger partial charge in [0.05, 0.1) is 25.2 Å². The number of hydrogen-bond acceptors (Lipinski definition) is 8. The van der Waals surface area contributed by atoms with E-state index in [0.717, 1.165) is 16.7 Å². The molecule has 0 amide bonds. The molecule has 0 saturated heterocycles. The van der Waals surface area contributed by atoms with Gasteiger partial charge in [0.2, 0.25) is 0 Å². The first-order valence-electron chi connectivity index (χ1n) is 9.40. The fraction of sp³-hybridized carbons (Fsp3) is 0.238. The molecule has 0 fully saturated rings. The third-order valence-corrected chi connectivity index (χ3v) is 5.51. The van der Waals surface area contributed by atoms with Crippen molar-refractivity contribution in [2.24, 2.45) is 0 Å². The van der Waals surface area contributed by atoms with Crippen LogP contribution in [-0.4, -0.2) is 36.2 Å². The second kappa shape index (κ2) is 8.27. The molecular weight excluding hydrogens is 422 g/mol. The van der Waals surface area contributed by atoms with Crippen molar-refractivity contribution < 1.29 is 14.4 Å². The summed E-state index contributed by atoms with van der Waals surface area (Å²) >= 11 is 6.42. The molecule has 1 unspecified atom stereocenters. The molecule has 0 aliphatic carbocycles. The van der Waals surface area contributed by atoms with Gasteiger partial charge in [-0.2, -0.15) is 0 Å². The van der Waals surface area contributed by atoms with Gasteiger partial charge in [0.15, 0.2) is 11.0 Å². The highest BCUT2D eigenvalue weighted by molar-refractivity contribution is 6.32. The Balaban J connectivity index is 1.95. The summed E-state index contributed by atoms with van der Waals surface area (Å²) in [6.07, 6.45) is 1.41. The normalized spacial score (nSPS) is 15.1. The number of methoxy groups -OCH3 is 2. The highest BCUT2D eigenvalue weighted by atomic mass is 35.5. The average molecular weight is 442 g/mol. The molecule has 4 rings (SSSR count). The summed E-state index contributed by atoms with van der Waals surface area (Å²) in [6.45, 7) is 0.508. The molecule has 1 aliphatic rings. The minimum atomic E-state index is -0.427. The zero-order valence-corrected chi connectivity index (χ0v) is 17.9. The Morgan fingerprint density at radius 1 is 1.19 bits per heavy atom. The first-order valence-corrected chi connectivity index (χ1v) is 9.78. The van der Waals surface area contributed by atoms with Crippen LogP contribution < -0.4 is 19.7 Å². The smallest absolute Gasteiger partial charge is 0.269 e. The van der Waals surface area contributed by atoms with E-state index in [2.05, 4.69) is 15.3 Å². The first-order chi connectivity index (χ1) is 14.9. The summed E-state index contributed by atoms with van der Waals surface area (Å²) in [5.74, 6) is 1.92. The number of nitro benzene ring substituents is 1. The van der Waals surface area contributed by atoms with Crippen LogP contribution in [0.5, 0.6) is 11.5 Å². The number of nitrogens with one attached hydrogen (secondary N) is 1. The zero-order valence-electron chi connectivity index (χ0n) is 17.1. The third-order valence-electron chi connectivity index (χ3n) is 5.22. The van der Waals surface area contributed by atoms with Gasteiger partial charge in [0.1, 0.15) is 23.5 Å². The van der Waals surface area contributed by atoms with E-state index in [4.69, 9.17) is 21.1 Å². The van der Waals surface area contributed by atoms with Gasteiger partial charge in [0, 0.05) is 37.4 Å². The van der Waals surface area contributed by atoms with Crippen LogP contribution in [0.15, 0.2) is 42.7 Å². The summed E-state index contributed by atoms with van der Waals surface area (Å²) in [4.78, 5) is 21.2. The number of non-ortho nitro benzene ring substituents is 1. The fourth-order valence-corrected chi connectivity index (χ4v) is 3.94. The summed E-state index contributed by atoms with van der Waals surface area (Å²) in [6, 6.07) is 9.71. The quantitative estimate of drug-likeness (QED) is 0.365. The Kier molecular flexibility index (Phi) is 5.51. The van der Waals surface area contributed by atoms with Crippen molar-refractivity contribution in [1.82, 2.24) is 9.97 Å². The third kappa shape index (κ3) is 3.79. The predicted molar refractivity (Wildman–Crippen MR) is 117 cm³/mol. The number of hydrogen-bond donors (Lipinski definition) is 1. The Bertz CT molecular complexity index is 1140. The largest absolute Gasteiger partial charge is 0.497 e. The number of ether oxygens (including phenoxy) is 2. The minimum Gasteiger partial charge on any atom is -0.497 e. The molecule has 1 aromatic heterocycles. The second-order valence-electron chi connectivity index (χ2n) is 7.05. The van der Waals surface area contributed by atoms with E-state index < -0.39 is 11.0 Å². The van der Waals surface area contributed by atoms with Crippen LogP contribution in [0, 0.1) is 10.1 Å². The maximum Gasteiger partial charge on any atom is 0.269 e. The van der Waals surface area contributed by atoms with Crippen molar-refractivity contribution in [2.75, 3.05) is 31.5 Å². The number of benzene rings is 2. The standard InChI is InChI=1S/C21H20ClN5O4/c1-26-10-13-8-15(30-2)9-16(31-3)17(13)18(12-4-6-14(7-5-12)27(28)29)25-19-20(22)23-11-24-21(19)26/h4-9,11,18,25H,10H2,1-3H3. The van der Waals surface area contributed by atoms with Gasteiger partial charge < -0.3 is 19.7 Å². The highest BCUT2D eigenvalue weighted by Crippen LogP contribution is 2.43. The van der Waals surface area contributed by atoms with Crippen LogP contribution in [0.25, 0.3) is 0 Å². The van der Waals surface area contributed by atoms with Gasteiger partial charge in [-0.1, -0.05) is 11.6 Å². The van der Waals surface area contributed by atoms with E-state index in [-0.39, 0.29) is 10.8 Å². The number of halogens is 1. The number of anilines is 2. The lowest BCUT2D eigenvalue weighted by Gasteiger charge is -2.32. The predicted octanol–water partition coefficient (Wildman–Crippen LogP) is 4.21. The first kappa shape index (κ1) is 20.7. The van der Waals surface area contributed by atoms with Crippen LogP contribution in [0.4, 0.5) is 17.2 Å². The van der Waals surface area contributed by atoms with E-state index in [9.17, 15) is 10.1 Å². The van der Waals surface area contributed by atoms with E-state index in [0.29, 0.717) is 29.5 Å². The van der Waals surface area contributed by atoms with E-state index in [1.165, 1.54) is 18.5 Å². The summed E-state index contributed by atoms with van der Waals surface area (Å²) in [5.41, 5.74) is 3.20. The molecular formula is C21H20ClN5O4. The van der Waals surface area contributed by atoms with Crippen molar-refractivity contribution in [3.05, 3.63) is 74.7 Å². The van der Waals surface area contributed by atoms with Gasteiger partial charge in [-0.15, -0.1) is 0 Å². The minimum absolute atomic E-state index is 0.0120. The fourth-order valence-electron chi connectivity index (χ4n) is 3.76. The molecule has 9 nitrogen and oxygen atoms in total. The number of rotatable bonds is 4. The molecule has 10 heteroatoms. The monoisotopic (exact) mass is 441 g/mol. The van der Waals surface area contributed by atoms with Crippen LogP contribution in [0.1, 0.15) is 22.7 Å². The topological polar surface area (TPSA) is 103 Å².